The highest BCUT2D eigenvalue weighted by Crippen LogP contribution is 2.30. The Kier molecular flexibility index (Phi) is 3.43. The molecule has 0 aromatic heterocycles. The number of nitrogen functional groups attached to an aromatic ring is 1. The van der Waals surface area contributed by atoms with E-state index < -0.39 is 0 Å². The van der Waals surface area contributed by atoms with Gasteiger partial charge in [0, 0.05) is 24.8 Å². The summed E-state index contributed by atoms with van der Waals surface area (Å²) < 4.78 is 10.5. The largest absolute Gasteiger partial charge is 0.497 e. The molecule has 0 atom stereocenters. The van der Waals surface area contributed by atoms with Crippen molar-refractivity contribution < 1.29 is 9.47 Å². The topological polar surface area (TPSA) is 56.5 Å². The van der Waals surface area contributed by atoms with Crippen LogP contribution in [0.3, 0.4) is 0 Å². The Bertz CT molecular complexity index is 387. The molecule has 0 amide bonds. The van der Waals surface area contributed by atoms with Crippen molar-refractivity contribution in [3.8, 4) is 5.75 Å². The summed E-state index contributed by atoms with van der Waals surface area (Å²) >= 11 is 0. The molecule has 1 aliphatic heterocycles. The first-order valence-electron chi connectivity index (χ1n) is 5.92. The summed E-state index contributed by atoms with van der Waals surface area (Å²) in [5, 5.41) is 3.52. The lowest BCUT2D eigenvalue weighted by Crippen LogP contribution is -2.40. The summed E-state index contributed by atoms with van der Waals surface area (Å²) in [5.74, 6) is 0.783. The fraction of sp³-hybridized carbons (Fsp3) is 0.538. The molecule has 0 spiro atoms. The minimum Gasteiger partial charge on any atom is -0.497 e. The summed E-state index contributed by atoms with van der Waals surface area (Å²) in [6.45, 7) is 3.82. The number of ether oxygens (including phenoxy) is 2. The summed E-state index contributed by atoms with van der Waals surface area (Å²) in [7, 11) is 1.64. The lowest BCUT2D eigenvalue weighted by Gasteiger charge is -2.35. The van der Waals surface area contributed by atoms with Crippen molar-refractivity contribution in [3.05, 3.63) is 18.2 Å². The molecule has 4 heteroatoms. The summed E-state index contributed by atoms with van der Waals surface area (Å²) in [4.78, 5) is 0. The number of benzene rings is 1. The molecule has 1 aromatic rings. The van der Waals surface area contributed by atoms with Crippen molar-refractivity contribution in [2.75, 3.05) is 31.4 Å². The van der Waals surface area contributed by atoms with Crippen LogP contribution in [0.2, 0.25) is 0 Å². The molecule has 0 aliphatic carbocycles. The number of rotatable bonds is 3. The molecule has 0 unspecified atom stereocenters. The monoisotopic (exact) mass is 236 g/mol. The van der Waals surface area contributed by atoms with Crippen LogP contribution in [0.4, 0.5) is 11.4 Å². The third-order valence-electron chi connectivity index (χ3n) is 3.29. The van der Waals surface area contributed by atoms with E-state index in [0.717, 1.165) is 43.2 Å². The van der Waals surface area contributed by atoms with Gasteiger partial charge in [0.25, 0.3) is 0 Å². The summed E-state index contributed by atoms with van der Waals surface area (Å²) in [5.41, 5.74) is 7.76. The van der Waals surface area contributed by atoms with Crippen LogP contribution in [-0.2, 0) is 4.74 Å². The normalized spacial score (nSPS) is 18.7. The number of hydrogen-bond acceptors (Lipinski definition) is 4. The molecule has 2 rings (SSSR count). The maximum Gasteiger partial charge on any atom is 0.121 e. The van der Waals surface area contributed by atoms with Crippen molar-refractivity contribution in [2.24, 2.45) is 0 Å². The number of methoxy groups -OCH3 is 1. The average molecular weight is 236 g/mol. The fourth-order valence-corrected chi connectivity index (χ4v) is 2.05. The molecule has 1 aliphatic rings. The van der Waals surface area contributed by atoms with E-state index in [2.05, 4.69) is 12.2 Å². The van der Waals surface area contributed by atoms with E-state index in [-0.39, 0.29) is 5.54 Å². The minimum absolute atomic E-state index is 0.0704. The molecular formula is C13H20N2O2. The van der Waals surface area contributed by atoms with Crippen LogP contribution in [0.5, 0.6) is 5.75 Å². The zero-order chi connectivity index (χ0) is 12.3. The van der Waals surface area contributed by atoms with Gasteiger partial charge in [-0.3, -0.25) is 0 Å². The third-order valence-corrected chi connectivity index (χ3v) is 3.29. The predicted octanol–water partition coefficient (Wildman–Crippen LogP) is 2.26. The molecule has 1 fully saturated rings. The Labute approximate surface area is 102 Å². The molecule has 0 bridgehead atoms. The highest BCUT2D eigenvalue weighted by molar-refractivity contribution is 5.69. The van der Waals surface area contributed by atoms with Gasteiger partial charge < -0.3 is 20.5 Å². The molecule has 94 valence electrons. The zero-order valence-electron chi connectivity index (χ0n) is 10.5. The second-order valence-corrected chi connectivity index (χ2v) is 4.75. The highest BCUT2D eigenvalue weighted by Gasteiger charge is 2.27. The van der Waals surface area contributed by atoms with E-state index in [9.17, 15) is 0 Å². The van der Waals surface area contributed by atoms with Crippen LogP contribution in [0, 0.1) is 0 Å². The Morgan fingerprint density at radius 2 is 2.06 bits per heavy atom. The smallest absolute Gasteiger partial charge is 0.121 e. The second-order valence-electron chi connectivity index (χ2n) is 4.75. The van der Waals surface area contributed by atoms with E-state index in [4.69, 9.17) is 15.2 Å². The van der Waals surface area contributed by atoms with Gasteiger partial charge in [0.05, 0.1) is 18.5 Å². The van der Waals surface area contributed by atoms with Crippen molar-refractivity contribution in [1.82, 2.24) is 0 Å². The Hall–Kier alpha value is -1.42. The molecular weight excluding hydrogens is 216 g/mol. The molecule has 17 heavy (non-hydrogen) atoms. The number of nitrogens with two attached hydrogens (primary N) is 1. The number of hydrogen-bond donors (Lipinski definition) is 2. The molecule has 1 aromatic carbocycles. The van der Waals surface area contributed by atoms with Crippen LogP contribution in [0.25, 0.3) is 0 Å². The molecule has 1 saturated heterocycles. The van der Waals surface area contributed by atoms with Crippen molar-refractivity contribution in [2.45, 2.75) is 25.3 Å². The molecule has 0 radical (unpaired) electrons. The van der Waals surface area contributed by atoms with E-state index in [0.29, 0.717) is 0 Å². The average Bonchev–Trinajstić information content (AvgIpc) is 2.32. The van der Waals surface area contributed by atoms with Crippen molar-refractivity contribution in [1.29, 1.82) is 0 Å². The maximum absolute atomic E-state index is 6.00. The Morgan fingerprint density at radius 1 is 1.35 bits per heavy atom. The van der Waals surface area contributed by atoms with Crippen molar-refractivity contribution >= 4 is 11.4 Å². The SMILES string of the molecule is COc1ccc(NC2(C)CCOCC2)c(N)c1. The molecule has 0 saturated carbocycles. The van der Waals surface area contributed by atoms with Gasteiger partial charge >= 0.3 is 0 Å². The minimum atomic E-state index is 0.0704. The van der Waals surface area contributed by atoms with Crippen LogP contribution in [0.15, 0.2) is 18.2 Å². The number of anilines is 2. The lowest BCUT2D eigenvalue weighted by atomic mass is 9.92. The van der Waals surface area contributed by atoms with Crippen LogP contribution in [-0.4, -0.2) is 25.9 Å². The van der Waals surface area contributed by atoms with Gasteiger partial charge in [0.15, 0.2) is 0 Å². The van der Waals surface area contributed by atoms with Gasteiger partial charge in [-0.25, -0.2) is 0 Å². The molecule has 4 nitrogen and oxygen atoms in total. The van der Waals surface area contributed by atoms with Gasteiger partial charge in [-0.1, -0.05) is 0 Å². The second kappa shape index (κ2) is 4.84. The van der Waals surface area contributed by atoms with Gasteiger partial charge in [-0.15, -0.1) is 0 Å². The van der Waals surface area contributed by atoms with Gasteiger partial charge in [0.2, 0.25) is 0 Å². The molecule has 3 N–H and O–H groups in total. The van der Waals surface area contributed by atoms with Crippen LogP contribution >= 0.6 is 0 Å². The van der Waals surface area contributed by atoms with Crippen molar-refractivity contribution in [3.63, 3.8) is 0 Å². The highest BCUT2D eigenvalue weighted by atomic mass is 16.5. The molecule has 1 heterocycles. The van der Waals surface area contributed by atoms with E-state index in [1.165, 1.54) is 0 Å². The Balaban J connectivity index is 2.12. The van der Waals surface area contributed by atoms with Crippen LogP contribution in [0.1, 0.15) is 19.8 Å². The fourth-order valence-electron chi connectivity index (χ4n) is 2.05. The summed E-state index contributed by atoms with van der Waals surface area (Å²) in [6.07, 6.45) is 2.00. The van der Waals surface area contributed by atoms with E-state index >= 15 is 0 Å². The van der Waals surface area contributed by atoms with E-state index in [1.807, 2.05) is 18.2 Å². The first kappa shape index (κ1) is 12.0. The quantitative estimate of drug-likeness (QED) is 0.790. The third kappa shape index (κ3) is 2.82. The zero-order valence-corrected chi connectivity index (χ0v) is 10.5. The predicted molar refractivity (Wildman–Crippen MR) is 69.5 cm³/mol. The first-order valence-corrected chi connectivity index (χ1v) is 5.92. The standard InChI is InChI=1S/C13H20N2O2/c1-13(5-7-17-8-6-13)15-12-4-3-10(16-2)9-11(12)14/h3-4,9,15H,5-8,14H2,1-2H3. The van der Waals surface area contributed by atoms with Gasteiger partial charge in [0.1, 0.15) is 5.75 Å². The Morgan fingerprint density at radius 3 is 2.65 bits per heavy atom. The van der Waals surface area contributed by atoms with Crippen LogP contribution < -0.4 is 15.8 Å². The first-order chi connectivity index (χ1) is 8.13. The number of nitrogens with one attached hydrogen (secondary N) is 1. The lowest BCUT2D eigenvalue weighted by molar-refractivity contribution is 0.0658. The maximum atomic E-state index is 6.00. The van der Waals surface area contributed by atoms with E-state index in [1.54, 1.807) is 7.11 Å². The summed E-state index contributed by atoms with van der Waals surface area (Å²) in [6, 6.07) is 5.72. The van der Waals surface area contributed by atoms with Gasteiger partial charge in [-0.05, 0) is 31.9 Å². The van der Waals surface area contributed by atoms with Gasteiger partial charge in [-0.2, -0.15) is 0 Å².